The number of nitrogens with zero attached hydrogens (tertiary/aromatic N) is 8. The van der Waals surface area contributed by atoms with Crippen molar-refractivity contribution in [2.75, 3.05) is 22.7 Å². The Kier molecular flexibility index (Phi) is 7.99. The van der Waals surface area contributed by atoms with Crippen molar-refractivity contribution in [3.63, 3.8) is 0 Å². The lowest BCUT2D eigenvalue weighted by Crippen LogP contribution is -2.38. The molecule has 1 heterocycles. The number of rotatable bonds is 6. The molecule has 0 aromatic heterocycles. The number of carbonyl (C=O) groups excluding carboxylic acids is 2. The first-order valence-electron chi connectivity index (χ1n) is 11.5. The van der Waals surface area contributed by atoms with Crippen molar-refractivity contribution < 1.29 is 9.59 Å². The molecule has 1 fully saturated rings. The summed E-state index contributed by atoms with van der Waals surface area (Å²) in [6, 6.07) is 22.4. The molecule has 3 aromatic rings. The van der Waals surface area contributed by atoms with Crippen molar-refractivity contribution in [3.05, 3.63) is 87.9 Å². The molecule has 0 aliphatic carbocycles. The van der Waals surface area contributed by atoms with E-state index in [1.54, 1.807) is 24.3 Å². The van der Waals surface area contributed by atoms with Gasteiger partial charge in [0.25, 0.3) is 5.91 Å². The lowest BCUT2D eigenvalue weighted by Gasteiger charge is -2.32. The van der Waals surface area contributed by atoms with Crippen molar-refractivity contribution >= 4 is 58.0 Å². The van der Waals surface area contributed by atoms with Gasteiger partial charge in [0.15, 0.2) is 0 Å². The van der Waals surface area contributed by atoms with Crippen LogP contribution < -0.4 is 9.80 Å². The maximum absolute atomic E-state index is 13.2. The van der Waals surface area contributed by atoms with Gasteiger partial charge in [0.05, 0.1) is 62.4 Å². The Balaban J connectivity index is 1.99. The molecule has 0 bridgehead atoms. The van der Waals surface area contributed by atoms with Crippen molar-refractivity contribution in [1.29, 1.82) is 21.0 Å². The number of hydrogen-bond donors (Lipinski definition) is 0. The van der Waals surface area contributed by atoms with Crippen molar-refractivity contribution in [1.82, 2.24) is 4.90 Å². The summed E-state index contributed by atoms with van der Waals surface area (Å²) in [7, 11) is 1.30. The zero-order chi connectivity index (χ0) is 29.0. The molecule has 194 valence electrons. The first kappa shape index (κ1) is 27.6. The van der Waals surface area contributed by atoms with Gasteiger partial charge in [-0.05, 0) is 48.5 Å². The van der Waals surface area contributed by atoms with E-state index in [-0.39, 0.29) is 56.1 Å². The maximum Gasteiger partial charge on any atom is 0.337 e. The summed E-state index contributed by atoms with van der Waals surface area (Å²) in [6.45, 7) is 0. The summed E-state index contributed by atoms with van der Waals surface area (Å²) in [5.74, 6) is -1.27. The average Bonchev–Trinajstić information content (AvgIpc) is 3.19. The van der Waals surface area contributed by atoms with Gasteiger partial charge in [-0.25, -0.2) is 14.7 Å². The van der Waals surface area contributed by atoms with Crippen LogP contribution >= 0.6 is 23.2 Å². The Morgan fingerprint density at radius 1 is 0.875 bits per heavy atom. The number of amidine groups is 1. The molecule has 12 heteroatoms. The van der Waals surface area contributed by atoms with E-state index in [4.69, 9.17) is 23.2 Å². The number of halogens is 2. The third-order valence-electron chi connectivity index (χ3n) is 6.00. The number of urea groups is 1. The van der Waals surface area contributed by atoms with E-state index in [0.717, 1.165) is 9.80 Å². The second-order valence-electron chi connectivity index (χ2n) is 8.30. The molecule has 1 aliphatic rings. The van der Waals surface area contributed by atoms with Gasteiger partial charge in [0.1, 0.15) is 18.3 Å². The van der Waals surface area contributed by atoms with Crippen LogP contribution in [0.5, 0.6) is 0 Å². The largest absolute Gasteiger partial charge is 0.337 e. The van der Waals surface area contributed by atoms with E-state index >= 15 is 0 Å². The smallest absolute Gasteiger partial charge is 0.315 e. The molecule has 1 unspecified atom stereocenters. The Morgan fingerprint density at radius 2 is 1.43 bits per heavy atom. The summed E-state index contributed by atoms with van der Waals surface area (Å²) in [6.07, 6.45) is -1.15. The van der Waals surface area contributed by atoms with Crippen molar-refractivity contribution in [2.45, 2.75) is 6.17 Å². The topological polar surface area (TPSA) is 151 Å². The molecule has 1 saturated heterocycles. The fourth-order valence-corrected chi connectivity index (χ4v) is 4.53. The number of likely N-dealkylation sites (N-methyl/N-ethyl adjacent to an activating group) is 1. The van der Waals surface area contributed by atoms with Crippen molar-refractivity contribution in [3.8, 4) is 24.3 Å². The minimum Gasteiger partial charge on any atom is -0.315 e. The molecule has 0 spiro atoms. The Labute approximate surface area is 239 Å². The lowest BCUT2D eigenvalue weighted by molar-refractivity contribution is -0.119. The number of alkyl halides is 1. The zero-order valence-electron chi connectivity index (χ0n) is 20.7. The Morgan fingerprint density at radius 3 is 1.90 bits per heavy atom. The average molecular weight is 567 g/mol. The quantitative estimate of drug-likeness (QED) is 0.299. The second kappa shape index (κ2) is 11.6. The molecule has 3 aromatic carbocycles. The van der Waals surface area contributed by atoms with Crippen LogP contribution in [0.3, 0.4) is 0 Å². The monoisotopic (exact) mass is 566 g/mol. The third kappa shape index (κ3) is 4.89. The van der Waals surface area contributed by atoms with Gasteiger partial charge in [0, 0.05) is 7.05 Å². The first-order valence-corrected chi connectivity index (χ1v) is 12.4. The molecule has 1 atom stereocenters. The summed E-state index contributed by atoms with van der Waals surface area (Å²) >= 11 is 12.8. The second-order valence-corrected chi connectivity index (χ2v) is 9.02. The predicted molar refractivity (Wildman–Crippen MR) is 148 cm³/mol. The minimum absolute atomic E-state index is 0.0662. The van der Waals surface area contributed by atoms with Gasteiger partial charge in [-0.1, -0.05) is 23.7 Å². The summed E-state index contributed by atoms with van der Waals surface area (Å²) in [5, 5.41) is 38.7. The number of para-hydroxylation sites is 1. The number of aliphatic imine (C=N–C) groups is 1. The van der Waals surface area contributed by atoms with Crippen LogP contribution in [-0.2, 0) is 4.79 Å². The highest BCUT2D eigenvalue weighted by Crippen LogP contribution is 2.36. The SMILES string of the molecule is CN1C(=O)/C(=N\C(CCl)N(c2ccc(C#N)cc2C#N)c2ccc(C#N)cc2C#N)N(c2ccccc2Cl)C1=O. The Hall–Kier alpha value is -5.39. The molecule has 0 saturated carbocycles. The molecular weight excluding hydrogens is 551 g/mol. The highest BCUT2D eigenvalue weighted by molar-refractivity contribution is 6.55. The molecule has 1 aliphatic heterocycles. The van der Waals surface area contributed by atoms with E-state index in [1.165, 1.54) is 48.3 Å². The van der Waals surface area contributed by atoms with Crippen molar-refractivity contribution in [2.24, 2.45) is 4.99 Å². The standard InChI is InChI=1S/C28H16Cl2N8O2/c1-36-27(39)26(38(28(36)40)24-5-3-2-4-21(24)30)35-25(12-29)37(22-8-6-17(13-31)10-19(22)15-33)23-9-7-18(14-32)11-20(23)16-34/h2-11,25H,12H2,1H3/b35-26+. The highest BCUT2D eigenvalue weighted by atomic mass is 35.5. The molecule has 0 radical (unpaired) electrons. The van der Waals surface area contributed by atoms with Gasteiger partial charge in [0.2, 0.25) is 5.84 Å². The molecule has 40 heavy (non-hydrogen) atoms. The molecule has 3 amide bonds. The number of amides is 3. The fraction of sp³-hybridized carbons (Fsp3) is 0.107. The van der Waals surface area contributed by atoms with Crippen LogP contribution in [0.1, 0.15) is 22.3 Å². The number of carbonyl (C=O) groups is 2. The van der Waals surface area contributed by atoms with Gasteiger partial charge in [-0.3, -0.25) is 9.69 Å². The van der Waals surface area contributed by atoms with Gasteiger partial charge >= 0.3 is 6.03 Å². The Bertz CT molecular complexity index is 1670. The number of imide groups is 1. The number of nitriles is 4. The van der Waals surface area contributed by atoms with E-state index in [0.29, 0.717) is 0 Å². The van der Waals surface area contributed by atoms with E-state index in [1.807, 2.05) is 24.3 Å². The van der Waals surface area contributed by atoms with Crippen LogP contribution in [0.15, 0.2) is 65.7 Å². The van der Waals surface area contributed by atoms with E-state index in [9.17, 15) is 30.6 Å². The predicted octanol–water partition coefficient (Wildman–Crippen LogP) is 5.03. The third-order valence-corrected chi connectivity index (χ3v) is 6.59. The highest BCUT2D eigenvalue weighted by Gasteiger charge is 2.43. The number of benzene rings is 3. The fourth-order valence-electron chi connectivity index (χ4n) is 4.10. The maximum atomic E-state index is 13.2. The van der Waals surface area contributed by atoms with Crippen LogP contribution in [0.2, 0.25) is 5.02 Å². The van der Waals surface area contributed by atoms with E-state index in [2.05, 4.69) is 4.99 Å². The molecule has 4 rings (SSSR count). The molecular formula is C28H16Cl2N8O2. The van der Waals surface area contributed by atoms with Crippen LogP contribution in [0.4, 0.5) is 21.9 Å². The minimum atomic E-state index is -1.15. The normalized spacial score (nSPS) is 14.3. The lowest BCUT2D eigenvalue weighted by atomic mass is 10.0. The summed E-state index contributed by atoms with van der Waals surface area (Å²) < 4.78 is 0. The van der Waals surface area contributed by atoms with Gasteiger partial charge < -0.3 is 4.90 Å². The zero-order valence-corrected chi connectivity index (χ0v) is 22.2. The molecule has 0 N–H and O–H groups in total. The first-order chi connectivity index (χ1) is 19.3. The summed E-state index contributed by atoms with van der Waals surface area (Å²) in [5.41, 5.74) is 1.25. The number of hydrogen-bond acceptors (Lipinski definition) is 8. The molecule has 10 nitrogen and oxygen atoms in total. The van der Waals surface area contributed by atoms with Gasteiger partial charge in [-0.15, -0.1) is 11.6 Å². The van der Waals surface area contributed by atoms with Crippen LogP contribution in [0, 0.1) is 45.3 Å². The number of anilines is 3. The van der Waals surface area contributed by atoms with Crippen LogP contribution in [0.25, 0.3) is 0 Å². The van der Waals surface area contributed by atoms with Crippen LogP contribution in [-0.4, -0.2) is 41.8 Å². The van der Waals surface area contributed by atoms with Gasteiger partial charge in [-0.2, -0.15) is 21.0 Å². The van der Waals surface area contributed by atoms with E-state index < -0.39 is 18.1 Å². The summed E-state index contributed by atoms with van der Waals surface area (Å²) in [4.78, 5) is 34.3.